The number of piperidine rings is 1. The molecular formula is C29H29N9O2. The zero-order chi connectivity index (χ0) is 27.0. The smallest absolute Gasteiger partial charge is 0.230 e. The molecule has 11 heteroatoms. The number of carbonyl (C=O) groups is 2. The molecule has 3 saturated carbocycles. The Labute approximate surface area is 230 Å². The van der Waals surface area contributed by atoms with E-state index in [4.69, 9.17) is 4.98 Å². The summed E-state index contributed by atoms with van der Waals surface area (Å²) < 4.78 is 2.06. The maximum absolute atomic E-state index is 12.9. The summed E-state index contributed by atoms with van der Waals surface area (Å²) in [6.07, 6.45) is 11.5. The summed E-state index contributed by atoms with van der Waals surface area (Å²) in [5.41, 5.74) is 4.75. The third-order valence-electron chi connectivity index (χ3n) is 8.51. The van der Waals surface area contributed by atoms with Gasteiger partial charge in [-0.15, -0.1) is 0 Å². The van der Waals surface area contributed by atoms with Crippen LogP contribution in [0.2, 0.25) is 0 Å². The first-order chi connectivity index (χ1) is 19.5. The van der Waals surface area contributed by atoms with E-state index in [0.717, 1.165) is 47.9 Å². The molecule has 3 aliphatic carbocycles. The van der Waals surface area contributed by atoms with Crippen molar-refractivity contribution in [1.82, 2.24) is 29.3 Å². The van der Waals surface area contributed by atoms with Crippen molar-refractivity contribution in [1.29, 1.82) is 0 Å². The number of nitrogens with zero attached hydrogens (tertiary/aromatic N) is 7. The lowest BCUT2D eigenvalue weighted by atomic mass is 10.1. The van der Waals surface area contributed by atoms with Crippen LogP contribution in [-0.2, 0) is 16.1 Å². The topological polar surface area (TPSA) is 130 Å². The van der Waals surface area contributed by atoms with Crippen molar-refractivity contribution in [3.8, 4) is 0 Å². The number of hydrogen-bond donors (Lipinski definition) is 2. The van der Waals surface area contributed by atoms with Crippen LogP contribution in [0, 0.1) is 24.7 Å². The summed E-state index contributed by atoms with van der Waals surface area (Å²) in [5, 5.41) is 6.21. The molecule has 202 valence electrons. The van der Waals surface area contributed by atoms with Crippen LogP contribution in [0.3, 0.4) is 0 Å². The van der Waals surface area contributed by atoms with Crippen molar-refractivity contribution >= 4 is 34.8 Å². The third-order valence-corrected chi connectivity index (χ3v) is 8.51. The third kappa shape index (κ3) is 4.25. The lowest BCUT2D eigenvalue weighted by molar-refractivity contribution is -0.119. The van der Waals surface area contributed by atoms with Gasteiger partial charge in [-0.1, -0.05) is 0 Å². The number of rotatable bonds is 8. The molecular weight excluding hydrogens is 506 g/mol. The van der Waals surface area contributed by atoms with Gasteiger partial charge in [0, 0.05) is 54.6 Å². The van der Waals surface area contributed by atoms with E-state index in [1.807, 2.05) is 24.1 Å². The Balaban J connectivity index is 0.962. The maximum Gasteiger partial charge on any atom is 0.230 e. The molecule has 4 atom stereocenters. The van der Waals surface area contributed by atoms with Crippen LogP contribution in [0.15, 0.2) is 43.1 Å². The summed E-state index contributed by atoms with van der Waals surface area (Å²) >= 11 is 0. The number of fused-ring (bicyclic) bond motifs is 2. The molecule has 4 aromatic rings. The number of anilines is 3. The molecule has 4 aliphatic rings. The summed E-state index contributed by atoms with van der Waals surface area (Å²) in [5.74, 6) is 3.06. The van der Waals surface area contributed by atoms with Crippen LogP contribution in [0.1, 0.15) is 60.3 Å². The van der Waals surface area contributed by atoms with Gasteiger partial charge in [0.05, 0.1) is 17.9 Å². The van der Waals surface area contributed by atoms with Crippen molar-refractivity contribution in [2.24, 2.45) is 17.8 Å². The first kappa shape index (κ1) is 23.5. The maximum atomic E-state index is 12.9. The van der Waals surface area contributed by atoms with Gasteiger partial charge in [0.25, 0.3) is 0 Å². The Kier molecular flexibility index (Phi) is 5.17. The van der Waals surface area contributed by atoms with Crippen LogP contribution < -0.4 is 15.5 Å². The zero-order valence-corrected chi connectivity index (χ0v) is 22.1. The molecule has 1 aliphatic heterocycles. The SMILES string of the molecule is Cc1ccnc(C2CC2C(=O)Nc2cc(NCc3cn4cc(C5CC5)cc(N5CC6CC6C5=O)c4n3)ncn2)n1. The van der Waals surface area contributed by atoms with E-state index in [1.165, 1.54) is 24.7 Å². The summed E-state index contributed by atoms with van der Waals surface area (Å²) in [6, 6.07) is 5.75. The Hall–Kier alpha value is -4.41. The average Bonchev–Trinajstić information content (AvgIpc) is 3.85. The monoisotopic (exact) mass is 535 g/mol. The quantitative estimate of drug-likeness (QED) is 0.351. The highest BCUT2D eigenvalue weighted by Crippen LogP contribution is 2.49. The molecule has 1 saturated heterocycles. The zero-order valence-electron chi connectivity index (χ0n) is 22.1. The number of amides is 2. The number of carbonyl (C=O) groups excluding carboxylic acids is 2. The van der Waals surface area contributed by atoms with Gasteiger partial charge >= 0.3 is 0 Å². The number of pyridine rings is 1. The number of aryl methyl sites for hydroxylation is 1. The molecule has 2 N–H and O–H groups in total. The normalized spacial score (nSPS) is 24.7. The van der Waals surface area contributed by atoms with Crippen molar-refractivity contribution < 1.29 is 9.59 Å². The second kappa shape index (κ2) is 8.80. The Morgan fingerprint density at radius 2 is 1.93 bits per heavy atom. The molecule has 11 nitrogen and oxygen atoms in total. The second-order valence-electron chi connectivity index (χ2n) is 11.6. The first-order valence-electron chi connectivity index (χ1n) is 14.0. The Bertz CT molecular complexity index is 1680. The minimum absolute atomic E-state index is 0.0429. The van der Waals surface area contributed by atoms with Gasteiger partial charge < -0.3 is 19.9 Å². The average molecular weight is 536 g/mol. The lowest BCUT2D eigenvalue weighted by Gasteiger charge is -2.20. The molecule has 8 rings (SSSR count). The number of aromatic nitrogens is 6. The van der Waals surface area contributed by atoms with Gasteiger partial charge in [0.15, 0.2) is 5.65 Å². The fraction of sp³-hybridized carbons (Fsp3) is 0.414. The van der Waals surface area contributed by atoms with E-state index < -0.39 is 0 Å². The molecule has 2 amide bonds. The number of hydrogen-bond acceptors (Lipinski definition) is 8. The fourth-order valence-corrected chi connectivity index (χ4v) is 5.91. The molecule has 4 fully saturated rings. The highest BCUT2D eigenvalue weighted by atomic mass is 16.2. The second-order valence-corrected chi connectivity index (χ2v) is 11.6. The standard InChI is InChI=1S/C29H29N9O2/c1-15-4-5-30-26(34-15)21-8-22(21)28(39)36-25-9-24(32-14-33-25)31-10-19-13-37-11-17(16-2-3-16)7-23(27(37)35-19)38-12-18-6-20(18)29(38)40/h4-5,7,9,11,13-14,16,18,20-22H,2-3,6,8,10,12H2,1H3,(H2,31,32,33,36,39). The molecule has 4 unspecified atom stereocenters. The van der Waals surface area contributed by atoms with E-state index in [1.54, 1.807) is 12.3 Å². The highest BCUT2D eigenvalue weighted by molar-refractivity contribution is 6.02. The van der Waals surface area contributed by atoms with Crippen molar-refractivity contribution in [3.63, 3.8) is 0 Å². The van der Waals surface area contributed by atoms with Crippen LogP contribution >= 0.6 is 0 Å². The Morgan fingerprint density at radius 1 is 1.05 bits per heavy atom. The minimum Gasteiger partial charge on any atom is -0.364 e. The van der Waals surface area contributed by atoms with E-state index in [9.17, 15) is 9.59 Å². The van der Waals surface area contributed by atoms with Crippen molar-refractivity contribution in [2.75, 3.05) is 22.1 Å². The predicted octanol–water partition coefficient (Wildman–Crippen LogP) is 3.44. The van der Waals surface area contributed by atoms with Crippen LogP contribution in [-0.4, -0.2) is 47.7 Å². The van der Waals surface area contributed by atoms with Gasteiger partial charge in [-0.05, 0) is 62.1 Å². The van der Waals surface area contributed by atoms with E-state index in [2.05, 4.69) is 47.2 Å². The van der Waals surface area contributed by atoms with Gasteiger partial charge in [-0.2, -0.15) is 0 Å². The van der Waals surface area contributed by atoms with Gasteiger partial charge in [0.1, 0.15) is 23.8 Å². The lowest BCUT2D eigenvalue weighted by Crippen LogP contribution is -2.28. The predicted molar refractivity (Wildman–Crippen MR) is 147 cm³/mol. The van der Waals surface area contributed by atoms with E-state index >= 15 is 0 Å². The molecule has 0 bridgehead atoms. The largest absolute Gasteiger partial charge is 0.364 e. The van der Waals surface area contributed by atoms with Gasteiger partial charge in [-0.3, -0.25) is 9.59 Å². The molecule has 4 aromatic heterocycles. The fourth-order valence-electron chi connectivity index (χ4n) is 5.91. The first-order valence-corrected chi connectivity index (χ1v) is 14.0. The van der Waals surface area contributed by atoms with E-state index in [0.29, 0.717) is 30.0 Å². The van der Waals surface area contributed by atoms with Crippen LogP contribution in [0.5, 0.6) is 0 Å². The molecule has 0 radical (unpaired) electrons. The highest BCUT2D eigenvalue weighted by Gasteiger charge is 2.53. The van der Waals surface area contributed by atoms with E-state index in [-0.39, 0.29) is 29.6 Å². The minimum atomic E-state index is -0.158. The molecule has 40 heavy (non-hydrogen) atoms. The van der Waals surface area contributed by atoms with Crippen LogP contribution in [0.4, 0.5) is 17.3 Å². The molecule has 0 aromatic carbocycles. The summed E-state index contributed by atoms with van der Waals surface area (Å²) in [4.78, 5) is 49.9. The molecule has 5 heterocycles. The van der Waals surface area contributed by atoms with Gasteiger partial charge in [-0.25, -0.2) is 24.9 Å². The number of nitrogens with one attached hydrogen (secondary N) is 2. The number of imidazole rings is 1. The van der Waals surface area contributed by atoms with Crippen molar-refractivity contribution in [2.45, 2.75) is 51.0 Å². The Morgan fingerprint density at radius 3 is 2.73 bits per heavy atom. The summed E-state index contributed by atoms with van der Waals surface area (Å²) in [7, 11) is 0. The van der Waals surface area contributed by atoms with Gasteiger partial charge in [0.2, 0.25) is 11.8 Å². The molecule has 0 spiro atoms. The van der Waals surface area contributed by atoms with Crippen molar-refractivity contribution in [3.05, 3.63) is 65.9 Å². The summed E-state index contributed by atoms with van der Waals surface area (Å²) in [6.45, 7) is 3.16. The van der Waals surface area contributed by atoms with Crippen LogP contribution in [0.25, 0.3) is 5.65 Å².